The molecule has 0 aliphatic heterocycles. The van der Waals surface area contributed by atoms with E-state index in [0.29, 0.717) is 6.04 Å². The van der Waals surface area contributed by atoms with Crippen LogP contribution in [-0.2, 0) is 10.0 Å². The summed E-state index contributed by atoms with van der Waals surface area (Å²) in [4.78, 5) is 10.1. The SMILES string of the molecule is C[Si](C)(C)CCS(=O)(=O)NC(=O)O. The molecule has 0 atom stereocenters. The van der Waals surface area contributed by atoms with Crippen molar-refractivity contribution >= 4 is 24.2 Å². The second-order valence-corrected chi connectivity index (χ2v) is 11.5. The van der Waals surface area contributed by atoms with Gasteiger partial charge in [0, 0.05) is 8.07 Å². The summed E-state index contributed by atoms with van der Waals surface area (Å²) in [7, 11) is -5.06. The van der Waals surface area contributed by atoms with Crippen LogP contribution < -0.4 is 4.72 Å². The maximum atomic E-state index is 11.0. The van der Waals surface area contributed by atoms with Crippen LogP contribution in [0.5, 0.6) is 0 Å². The highest BCUT2D eigenvalue weighted by atomic mass is 32.2. The number of nitrogens with one attached hydrogen (secondary N) is 1. The highest BCUT2D eigenvalue weighted by molar-refractivity contribution is 7.90. The predicted octanol–water partition coefficient (Wildman–Crippen LogP) is 0.922. The molecule has 2 N–H and O–H groups in total. The molecule has 0 bridgehead atoms. The topological polar surface area (TPSA) is 83.5 Å². The van der Waals surface area contributed by atoms with Crippen molar-refractivity contribution in [2.24, 2.45) is 0 Å². The van der Waals surface area contributed by atoms with Gasteiger partial charge in [-0.2, -0.15) is 0 Å². The van der Waals surface area contributed by atoms with Crippen molar-refractivity contribution in [3.63, 3.8) is 0 Å². The van der Waals surface area contributed by atoms with Crippen molar-refractivity contribution in [3.8, 4) is 0 Å². The standard InChI is InChI=1S/C6H15NO4SSi/c1-13(2,3)5-4-12(10,11)7-6(8)9/h7H,4-5H2,1-3H3,(H,8,9). The molecule has 0 heterocycles. The Morgan fingerprint density at radius 2 is 1.85 bits per heavy atom. The molecule has 0 spiro atoms. The third kappa shape index (κ3) is 7.79. The average Bonchev–Trinajstić information content (AvgIpc) is 1.79. The first-order valence-electron chi connectivity index (χ1n) is 3.86. The summed E-state index contributed by atoms with van der Waals surface area (Å²) >= 11 is 0. The number of sulfonamides is 1. The number of hydrogen-bond donors (Lipinski definition) is 2. The lowest BCUT2D eigenvalue weighted by Crippen LogP contribution is -2.34. The lowest BCUT2D eigenvalue weighted by molar-refractivity contribution is 0.201. The lowest BCUT2D eigenvalue weighted by atomic mass is 11.0. The summed E-state index contributed by atoms with van der Waals surface area (Å²) in [6.07, 6.45) is -1.52. The smallest absolute Gasteiger partial charge is 0.418 e. The molecule has 0 rings (SSSR count). The van der Waals surface area contributed by atoms with E-state index in [1.807, 2.05) is 19.6 Å². The first kappa shape index (κ1) is 12.4. The fourth-order valence-corrected chi connectivity index (χ4v) is 4.52. The van der Waals surface area contributed by atoms with Gasteiger partial charge in [-0.05, 0) is 6.04 Å². The molecule has 7 heteroatoms. The molecule has 0 radical (unpaired) electrons. The van der Waals surface area contributed by atoms with E-state index < -0.39 is 24.2 Å². The molecule has 1 amide bonds. The molecular formula is C6H15NO4SSi. The second kappa shape index (κ2) is 4.10. The van der Waals surface area contributed by atoms with Gasteiger partial charge in [0.1, 0.15) is 0 Å². The maximum Gasteiger partial charge on any atom is 0.418 e. The van der Waals surface area contributed by atoms with E-state index in [9.17, 15) is 13.2 Å². The van der Waals surface area contributed by atoms with E-state index in [1.54, 1.807) is 0 Å². The third-order valence-corrected chi connectivity index (χ3v) is 4.70. The van der Waals surface area contributed by atoms with Gasteiger partial charge in [-0.3, -0.25) is 0 Å². The minimum absolute atomic E-state index is 0.102. The van der Waals surface area contributed by atoms with E-state index in [0.717, 1.165) is 0 Å². The summed E-state index contributed by atoms with van der Waals surface area (Å²) in [6.45, 7) is 6.09. The van der Waals surface area contributed by atoms with E-state index in [1.165, 1.54) is 4.72 Å². The molecule has 0 aromatic rings. The average molecular weight is 225 g/mol. The van der Waals surface area contributed by atoms with E-state index in [4.69, 9.17) is 5.11 Å². The molecule has 0 aliphatic rings. The van der Waals surface area contributed by atoms with Crippen molar-refractivity contribution in [2.75, 3.05) is 5.75 Å². The Kier molecular flexibility index (Phi) is 3.92. The van der Waals surface area contributed by atoms with Crippen LogP contribution in [0.25, 0.3) is 0 Å². The molecule has 0 aliphatic carbocycles. The third-order valence-electron chi connectivity index (χ3n) is 1.36. The molecule has 13 heavy (non-hydrogen) atoms. The highest BCUT2D eigenvalue weighted by Crippen LogP contribution is 2.08. The summed E-state index contributed by atoms with van der Waals surface area (Å²) in [5.41, 5.74) is 0. The molecular weight excluding hydrogens is 210 g/mol. The van der Waals surface area contributed by atoms with Crippen LogP contribution in [0.1, 0.15) is 0 Å². The quantitative estimate of drug-likeness (QED) is 0.697. The summed E-state index contributed by atoms with van der Waals surface area (Å²) < 4.78 is 23.5. The van der Waals surface area contributed by atoms with Crippen molar-refractivity contribution in [1.82, 2.24) is 4.72 Å². The summed E-state index contributed by atoms with van der Waals surface area (Å²) in [5.74, 6) is -0.102. The van der Waals surface area contributed by atoms with E-state index in [2.05, 4.69) is 0 Å². The first-order valence-corrected chi connectivity index (χ1v) is 9.22. The Labute approximate surface area is 79.2 Å². The van der Waals surface area contributed by atoms with Crippen LogP contribution in [0.4, 0.5) is 4.79 Å². The van der Waals surface area contributed by atoms with Crippen molar-refractivity contribution in [3.05, 3.63) is 0 Å². The molecule has 0 fully saturated rings. The van der Waals surface area contributed by atoms with Crippen molar-refractivity contribution in [2.45, 2.75) is 25.7 Å². The van der Waals surface area contributed by atoms with Crippen LogP contribution in [0.15, 0.2) is 0 Å². The molecule has 5 nitrogen and oxygen atoms in total. The zero-order valence-corrected chi connectivity index (χ0v) is 9.81. The van der Waals surface area contributed by atoms with Crippen LogP contribution in [0, 0.1) is 0 Å². The number of rotatable bonds is 4. The zero-order valence-electron chi connectivity index (χ0n) is 7.99. The lowest BCUT2D eigenvalue weighted by Gasteiger charge is -2.14. The number of carbonyl (C=O) groups is 1. The van der Waals surface area contributed by atoms with Gasteiger partial charge in [-0.1, -0.05) is 19.6 Å². The largest absolute Gasteiger partial charge is 0.464 e. The zero-order chi connectivity index (χ0) is 10.7. The number of amides is 1. The summed E-state index contributed by atoms with van der Waals surface area (Å²) in [6, 6.07) is 0.565. The number of carboxylic acid groups (broad SMARTS) is 1. The Balaban J connectivity index is 4.13. The Bertz CT molecular complexity index is 279. The van der Waals surface area contributed by atoms with Gasteiger partial charge >= 0.3 is 6.09 Å². The van der Waals surface area contributed by atoms with Crippen molar-refractivity contribution < 1.29 is 18.3 Å². The minimum atomic E-state index is -3.63. The van der Waals surface area contributed by atoms with Gasteiger partial charge in [0.15, 0.2) is 0 Å². The minimum Gasteiger partial charge on any atom is -0.464 e. The summed E-state index contributed by atoms with van der Waals surface area (Å²) in [5, 5.41) is 8.20. The van der Waals surface area contributed by atoms with Gasteiger partial charge in [0.2, 0.25) is 10.0 Å². The predicted molar refractivity (Wildman–Crippen MR) is 53.1 cm³/mol. The van der Waals surface area contributed by atoms with Gasteiger partial charge in [-0.15, -0.1) is 0 Å². The molecule has 0 aromatic carbocycles. The molecule has 78 valence electrons. The van der Waals surface area contributed by atoms with Crippen LogP contribution >= 0.6 is 0 Å². The van der Waals surface area contributed by atoms with Crippen molar-refractivity contribution in [1.29, 1.82) is 0 Å². The van der Waals surface area contributed by atoms with E-state index >= 15 is 0 Å². The van der Waals surface area contributed by atoms with Gasteiger partial charge in [-0.25, -0.2) is 17.9 Å². The van der Waals surface area contributed by atoms with Crippen LogP contribution in [-0.4, -0.2) is 33.4 Å². The Hall–Kier alpha value is -0.563. The fraction of sp³-hybridized carbons (Fsp3) is 0.833. The molecule has 0 unspecified atom stereocenters. The molecule has 0 saturated carbocycles. The van der Waals surface area contributed by atoms with Crippen LogP contribution in [0.3, 0.4) is 0 Å². The second-order valence-electron chi connectivity index (χ2n) is 4.04. The Morgan fingerprint density at radius 1 is 1.38 bits per heavy atom. The maximum absolute atomic E-state index is 11.0. The Morgan fingerprint density at radius 3 is 2.15 bits per heavy atom. The fourth-order valence-electron chi connectivity index (χ4n) is 0.625. The molecule has 0 saturated heterocycles. The molecule has 0 aromatic heterocycles. The van der Waals surface area contributed by atoms with Crippen LogP contribution in [0.2, 0.25) is 25.7 Å². The highest BCUT2D eigenvalue weighted by Gasteiger charge is 2.19. The van der Waals surface area contributed by atoms with Gasteiger partial charge in [0.05, 0.1) is 5.75 Å². The normalized spacial score (nSPS) is 12.5. The van der Waals surface area contributed by atoms with Gasteiger partial charge < -0.3 is 5.11 Å². The van der Waals surface area contributed by atoms with Gasteiger partial charge in [0.25, 0.3) is 0 Å². The number of hydrogen-bond acceptors (Lipinski definition) is 3. The monoisotopic (exact) mass is 225 g/mol. The first-order chi connectivity index (χ1) is 5.62. The van der Waals surface area contributed by atoms with E-state index in [-0.39, 0.29) is 5.75 Å².